The number of anilines is 2. The molecule has 6 heteroatoms. The summed E-state index contributed by atoms with van der Waals surface area (Å²) < 4.78 is 0. The van der Waals surface area contributed by atoms with E-state index >= 15 is 0 Å². The zero-order valence-corrected chi connectivity index (χ0v) is 18.6. The van der Waals surface area contributed by atoms with Crippen LogP contribution in [-0.2, 0) is 24.2 Å². The zero-order chi connectivity index (χ0) is 21.9. The highest BCUT2D eigenvalue weighted by molar-refractivity contribution is 5.88. The van der Waals surface area contributed by atoms with Gasteiger partial charge < -0.3 is 10.2 Å². The smallest absolute Gasteiger partial charge is 0.221 e. The van der Waals surface area contributed by atoms with E-state index in [0.29, 0.717) is 0 Å². The van der Waals surface area contributed by atoms with Crippen LogP contribution in [0.4, 0.5) is 11.5 Å². The minimum atomic E-state index is -0.0412. The molecule has 1 amide bonds. The molecule has 3 aromatic rings. The standard InChI is InChI=1S/C26H29N5O/c1-19(32)27-22-12-10-20(11-13-22)18-30-14-16-31(17-15-30)26-23-8-5-9-24(23)28-25(29-26)21-6-3-2-4-7-21/h2-4,6-7,10-13H,5,8-9,14-18H2,1H3,(H,27,32). The summed E-state index contributed by atoms with van der Waals surface area (Å²) in [4.78, 5) is 26.1. The molecule has 0 atom stereocenters. The summed E-state index contributed by atoms with van der Waals surface area (Å²) in [6.07, 6.45) is 3.31. The summed E-state index contributed by atoms with van der Waals surface area (Å²) in [5.74, 6) is 1.95. The number of piperazine rings is 1. The van der Waals surface area contributed by atoms with Crippen molar-refractivity contribution >= 4 is 17.4 Å². The summed E-state index contributed by atoms with van der Waals surface area (Å²) in [7, 11) is 0. The molecule has 1 aromatic heterocycles. The van der Waals surface area contributed by atoms with Gasteiger partial charge in [-0.1, -0.05) is 42.5 Å². The van der Waals surface area contributed by atoms with Gasteiger partial charge >= 0.3 is 0 Å². The maximum Gasteiger partial charge on any atom is 0.221 e. The molecule has 164 valence electrons. The largest absolute Gasteiger partial charge is 0.354 e. The predicted molar refractivity (Wildman–Crippen MR) is 128 cm³/mol. The van der Waals surface area contributed by atoms with Crippen molar-refractivity contribution < 1.29 is 4.79 Å². The van der Waals surface area contributed by atoms with Crippen molar-refractivity contribution in [3.8, 4) is 11.4 Å². The van der Waals surface area contributed by atoms with Gasteiger partial charge in [-0.05, 0) is 37.0 Å². The number of benzene rings is 2. The van der Waals surface area contributed by atoms with Gasteiger partial charge in [-0.2, -0.15) is 0 Å². The number of carbonyl (C=O) groups is 1. The molecule has 6 nitrogen and oxygen atoms in total. The Kier molecular flexibility index (Phi) is 5.86. The van der Waals surface area contributed by atoms with E-state index in [2.05, 4.69) is 39.4 Å². The van der Waals surface area contributed by atoms with Crippen molar-refractivity contribution in [3.05, 3.63) is 71.4 Å². The van der Waals surface area contributed by atoms with Gasteiger partial charge in [-0.15, -0.1) is 0 Å². The third kappa shape index (κ3) is 4.50. The highest BCUT2D eigenvalue weighted by Gasteiger charge is 2.26. The normalized spacial score (nSPS) is 16.1. The zero-order valence-electron chi connectivity index (χ0n) is 18.6. The molecule has 1 saturated heterocycles. The molecule has 1 aliphatic carbocycles. The van der Waals surface area contributed by atoms with E-state index in [-0.39, 0.29) is 5.91 Å². The molecular weight excluding hydrogens is 398 g/mol. The Balaban J connectivity index is 1.27. The van der Waals surface area contributed by atoms with E-state index in [9.17, 15) is 4.79 Å². The van der Waals surface area contributed by atoms with E-state index in [1.54, 1.807) is 0 Å². The number of fused-ring (bicyclic) bond motifs is 1. The van der Waals surface area contributed by atoms with Crippen LogP contribution in [0.2, 0.25) is 0 Å². The van der Waals surface area contributed by atoms with Gasteiger partial charge in [0.25, 0.3) is 0 Å². The fourth-order valence-electron chi connectivity index (χ4n) is 4.66. The molecule has 2 aliphatic rings. The first-order valence-electron chi connectivity index (χ1n) is 11.4. The average molecular weight is 428 g/mol. The molecule has 0 spiro atoms. The van der Waals surface area contributed by atoms with Crippen LogP contribution in [0.5, 0.6) is 0 Å². The van der Waals surface area contributed by atoms with Crippen LogP contribution in [0.25, 0.3) is 11.4 Å². The van der Waals surface area contributed by atoms with Crippen LogP contribution in [0, 0.1) is 0 Å². The number of nitrogens with zero attached hydrogens (tertiary/aromatic N) is 4. The van der Waals surface area contributed by atoms with Crippen LogP contribution in [0.1, 0.15) is 30.2 Å². The Morgan fingerprint density at radius 1 is 0.938 bits per heavy atom. The Labute approximate surface area is 189 Å². The van der Waals surface area contributed by atoms with Gasteiger partial charge in [-0.3, -0.25) is 9.69 Å². The molecule has 0 radical (unpaired) electrons. The monoisotopic (exact) mass is 427 g/mol. The minimum Gasteiger partial charge on any atom is -0.354 e. The Bertz CT molecular complexity index is 1090. The highest BCUT2D eigenvalue weighted by atomic mass is 16.1. The Morgan fingerprint density at radius 2 is 1.69 bits per heavy atom. The molecule has 32 heavy (non-hydrogen) atoms. The van der Waals surface area contributed by atoms with Crippen LogP contribution >= 0.6 is 0 Å². The Morgan fingerprint density at radius 3 is 2.41 bits per heavy atom. The number of hydrogen-bond acceptors (Lipinski definition) is 5. The topological polar surface area (TPSA) is 61.4 Å². The number of aromatic nitrogens is 2. The van der Waals surface area contributed by atoms with Crippen molar-refractivity contribution in [2.24, 2.45) is 0 Å². The fraction of sp³-hybridized carbons (Fsp3) is 0.346. The number of rotatable bonds is 5. The lowest BCUT2D eigenvalue weighted by atomic mass is 10.1. The molecule has 0 unspecified atom stereocenters. The fourth-order valence-corrected chi connectivity index (χ4v) is 4.66. The van der Waals surface area contributed by atoms with Crippen LogP contribution in [-0.4, -0.2) is 47.0 Å². The van der Waals surface area contributed by atoms with Crippen molar-refractivity contribution in [2.45, 2.75) is 32.7 Å². The first-order valence-corrected chi connectivity index (χ1v) is 11.4. The third-order valence-electron chi connectivity index (χ3n) is 6.30. The van der Waals surface area contributed by atoms with Gasteiger partial charge in [0.05, 0.1) is 0 Å². The molecule has 1 aliphatic heterocycles. The third-order valence-corrected chi connectivity index (χ3v) is 6.30. The number of aryl methyl sites for hydroxylation is 1. The molecule has 1 fully saturated rings. The second-order valence-corrected chi connectivity index (χ2v) is 8.66. The first-order chi connectivity index (χ1) is 15.7. The van der Waals surface area contributed by atoms with Crippen LogP contribution < -0.4 is 10.2 Å². The lowest BCUT2D eigenvalue weighted by Gasteiger charge is -2.36. The van der Waals surface area contributed by atoms with E-state index < -0.39 is 0 Å². The number of nitrogens with one attached hydrogen (secondary N) is 1. The van der Waals surface area contributed by atoms with Gasteiger partial charge in [-0.25, -0.2) is 9.97 Å². The number of carbonyl (C=O) groups excluding carboxylic acids is 1. The summed E-state index contributed by atoms with van der Waals surface area (Å²) in [5, 5.41) is 2.83. The lowest BCUT2D eigenvalue weighted by molar-refractivity contribution is -0.114. The van der Waals surface area contributed by atoms with Crippen molar-refractivity contribution in [2.75, 3.05) is 36.4 Å². The van der Waals surface area contributed by atoms with Gasteiger partial charge in [0.2, 0.25) is 5.91 Å². The molecule has 0 bridgehead atoms. The maximum atomic E-state index is 11.2. The summed E-state index contributed by atoms with van der Waals surface area (Å²) >= 11 is 0. The average Bonchev–Trinajstić information content (AvgIpc) is 3.29. The predicted octanol–water partition coefficient (Wildman–Crippen LogP) is 3.91. The molecule has 1 N–H and O–H groups in total. The molecule has 2 aromatic carbocycles. The molecule has 0 saturated carbocycles. The first kappa shape index (κ1) is 20.6. The van der Waals surface area contributed by atoms with Crippen LogP contribution in [0.15, 0.2) is 54.6 Å². The highest BCUT2D eigenvalue weighted by Crippen LogP contribution is 2.32. The number of amides is 1. The molecule has 2 heterocycles. The van der Waals surface area contributed by atoms with Crippen molar-refractivity contribution in [3.63, 3.8) is 0 Å². The second-order valence-electron chi connectivity index (χ2n) is 8.66. The quantitative estimate of drug-likeness (QED) is 0.669. The van der Waals surface area contributed by atoms with Gasteiger partial charge in [0, 0.05) is 62.2 Å². The van der Waals surface area contributed by atoms with Crippen molar-refractivity contribution in [1.82, 2.24) is 14.9 Å². The number of hydrogen-bond donors (Lipinski definition) is 1. The van der Waals surface area contributed by atoms with Crippen molar-refractivity contribution in [1.29, 1.82) is 0 Å². The Hall–Kier alpha value is -3.25. The maximum absolute atomic E-state index is 11.2. The van der Waals surface area contributed by atoms with E-state index in [0.717, 1.165) is 68.5 Å². The van der Waals surface area contributed by atoms with E-state index in [4.69, 9.17) is 9.97 Å². The molecular formula is C26H29N5O. The minimum absolute atomic E-state index is 0.0412. The SMILES string of the molecule is CC(=O)Nc1ccc(CN2CCN(c3nc(-c4ccccc4)nc4c3CCC4)CC2)cc1. The van der Waals surface area contributed by atoms with E-state index in [1.165, 1.54) is 30.2 Å². The second kappa shape index (κ2) is 9.09. The molecule has 5 rings (SSSR count). The lowest BCUT2D eigenvalue weighted by Crippen LogP contribution is -2.46. The summed E-state index contributed by atoms with van der Waals surface area (Å²) in [5.41, 5.74) is 5.78. The summed E-state index contributed by atoms with van der Waals surface area (Å²) in [6.45, 7) is 6.41. The van der Waals surface area contributed by atoms with Gasteiger partial charge in [0.15, 0.2) is 5.82 Å². The van der Waals surface area contributed by atoms with Gasteiger partial charge in [0.1, 0.15) is 5.82 Å². The van der Waals surface area contributed by atoms with E-state index in [1.807, 2.05) is 30.3 Å². The van der Waals surface area contributed by atoms with Crippen LogP contribution in [0.3, 0.4) is 0 Å². The summed E-state index contributed by atoms with van der Waals surface area (Å²) in [6, 6.07) is 18.5.